The second kappa shape index (κ2) is 25.8. The number of nitrogens with one attached hydrogen (secondary N) is 2. The number of nitrogens with zero attached hydrogens (tertiary/aromatic N) is 4. The number of aliphatic carboxylic acids is 1. The molecule has 5 rings (SSSR count). The Kier molecular flexibility index (Phi) is 21.2. The zero-order valence-corrected chi connectivity index (χ0v) is 44.5. The summed E-state index contributed by atoms with van der Waals surface area (Å²) in [5.74, 6) is -2.21. The fraction of sp³-hybridized carbons (Fsp3) is 0.667. The summed E-state index contributed by atoms with van der Waals surface area (Å²) >= 11 is 0. The quantitative estimate of drug-likeness (QED) is 0.0302. The average Bonchev–Trinajstić information content (AvgIpc) is 3.80. The molecule has 0 spiro atoms. The number of hydrogen-bond acceptors (Lipinski definition) is 18. The largest absolute Gasteiger partial charge is 0.481 e. The van der Waals surface area contributed by atoms with Crippen LogP contribution < -0.4 is 16.4 Å². The van der Waals surface area contributed by atoms with E-state index < -0.39 is 90.5 Å². The molecule has 26 nitrogen and oxygen atoms in total. The number of carboxylic acids is 1. The minimum Gasteiger partial charge on any atom is -0.481 e. The number of rotatable bonds is 33. The number of aryl methyl sites for hydroxylation is 2. The number of imidazole rings is 1. The van der Waals surface area contributed by atoms with Gasteiger partial charge in [0.05, 0.1) is 26.0 Å². The van der Waals surface area contributed by atoms with Crippen molar-refractivity contribution in [2.45, 2.75) is 148 Å². The van der Waals surface area contributed by atoms with Crippen LogP contribution in [0.15, 0.2) is 36.9 Å². The van der Waals surface area contributed by atoms with Gasteiger partial charge in [-0.2, -0.15) is 4.31 Å². The van der Waals surface area contributed by atoms with Crippen LogP contribution in [0.25, 0.3) is 11.2 Å². The first-order valence-corrected chi connectivity index (χ1v) is 28.7. The Hall–Kier alpha value is -4.10. The molecule has 1 saturated heterocycles. The van der Waals surface area contributed by atoms with Crippen LogP contribution in [0.1, 0.15) is 122 Å². The zero-order valence-electron chi connectivity index (χ0n) is 41.8. The van der Waals surface area contributed by atoms with Gasteiger partial charge in [-0.05, 0) is 73.3 Å². The van der Waals surface area contributed by atoms with Crippen molar-refractivity contribution in [3.05, 3.63) is 48.0 Å². The molecule has 74 heavy (non-hydrogen) atoms. The van der Waals surface area contributed by atoms with Crippen LogP contribution in [-0.2, 0) is 68.3 Å². The molecule has 2 aromatic heterocycles. The van der Waals surface area contributed by atoms with E-state index >= 15 is 0 Å². The number of ketones is 1. The van der Waals surface area contributed by atoms with Crippen molar-refractivity contribution in [3.63, 3.8) is 0 Å². The van der Waals surface area contributed by atoms with Gasteiger partial charge in [-0.1, -0.05) is 64.8 Å². The number of benzene rings is 1. The number of carboxylic acid groups (broad SMARTS) is 1. The molecular weight excluding hydrogens is 1040 g/mol. The lowest BCUT2D eigenvalue weighted by molar-refractivity contribution is -0.139. The molecule has 1 aromatic carbocycles. The van der Waals surface area contributed by atoms with Gasteiger partial charge in [0.1, 0.15) is 42.0 Å². The third kappa shape index (κ3) is 19.2. The summed E-state index contributed by atoms with van der Waals surface area (Å²) in [5.41, 5.74) is 6.60. The van der Waals surface area contributed by atoms with Crippen LogP contribution in [0.3, 0.4) is 0 Å². The Labute approximate surface area is 428 Å². The van der Waals surface area contributed by atoms with E-state index in [0.29, 0.717) is 6.42 Å². The highest BCUT2D eigenvalue weighted by Gasteiger charge is 2.50. The molecule has 7 atom stereocenters. The third-order valence-corrected chi connectivity index (χ3v) is 16.1. The monoisotopic (exact) mass is 1110 g/mol. The van der Waals surface area contributed by atoms with E-state index in [9.17, 15) is 62.7 Å². The molecule has 2 amide bonds. The summed E-state index contributed by atoms with van der Waals surface area (Å²) in [6, 6.07) is 8.66. The first kappa shape index (κ1) is 60.8. The van der Waals surface area contributed by atoms with Crippen molar-refractivity contribution in [1.82, 2.24) is 30.2 Å². The number of nitrogen functional groups attached to an aromatic ring is 1. The van der Waals surface area contributed by atoms with Gasteiger partial charge in [-0.25, -0.2) is 28.6 Å². The van der Waals surface area contributed by atoms with Crippen molar-refractivity contribution >= 4 is 64.0 Å². The number of aliphatic hydroxyl groups excluding tert-OH is 2. The number of aliphatic hydroxyl groups is 2. The molecule has 2 fully saturated rings. The lowest BCUT2D eigenvalue weighted by atomic mass is 9.81. The van der Waals surface area contributed by atoms with Crippen LogP contribution in [-0.4, -0.2) is 129 Å². The van der Waals surface area contributed by atoms with Crippen molar-refractivity contribution in [2.75, 3.05) is 32.0 Å². The number of carbonyl (C=O) groups is 4. The first-order chi connectivity index (χ1) is 34.5. The Morgan fingerprint density at radius 2 is 1.51 bits per heavy atom. The highest BCUT2D eigenvalue weighted by atomic mass is 31.3. The minimum absolute atomic E-state index is 0.00521. The molecule has 0 bridgehead atoms. The summed E-state index contributed by atoms with van der Waals surface area (Å²) < 4.78 is 62.6. The van der Waals surface area contributed by atoms with Crippen LogP contribution in [0.2, 0.25) is 0 Å². The molecule has 1 aliphatic heterocycles. The molecule has 3 aromatic rings. The van der Waals surface area contributed by atoms with E-state index in [1.807, 2.05) is 13.8 Å². The van der Waals surface area contributed by atoms with E-state index in [4.69, 9.17) is 24.6 Å². The van der Waals surface area contributed by atoms with Gasteiger partial charge in [0.15, 0.2) is 17.7 Å². The van der Waals surface area contributed by atoms with Crippen LogP contribution in [0.5, 0.6) is 0 Å². The summed E-state index contributed by atoms with van der Waals surface area (Å²) in [7, 11) is -16.5. The summed E-state index contributed by atoms with van der Waals surface area (Å²) in [6.45, 7) is 4.41. The lowest BCUT2D eigenvalue weighted by Gasteiger charge is -2.30. The smallest absolute Gasteiger partial charge is 0.481 e. The van der Waals surface area contributed by atoms with Crippen molar-refractivity contribution < 1.29 is 90.4 Å². The molecule has 2 aliphatic rings. The Morgan fingerprint density at radius 3 is 2.14 bits per heavy atom. The maximum absolute atomic E-state index is 12.8. The second-order valence-electron chi connectivity index (χ2n) is 20.5. The number of anilines is 1. The third-order valence-electron chi connectivity index (χ3n) is 13.0. The molecule has 1 aliphatic carbocycles. The van der Waals surface area contributed by atoms with Gasteiger partial charge in [-0.3, -0.25) is 37.3 Å². The highest BCUT2D eigenvalue weighted by molar-refractivity contribution is 7.61. The SMILES string of the molecule is CC(C)(CCCCc1ccc(CCCCC2(CC(=O)O)CC2)cc1)CC(=O)CCNC(=O)CCNC(=O)C(O)C(C)(C)COP(=O)(O)OP(=O)(O)OCC1OC(n2cnc3c(N)ncnc32)C(O)C1OP(=O)(O)O. The van der Waals surface area contributed by atoms with Gasteiger partial charge < -0.3 is 56.0 Å². The Bertz CT molecular complexity index is 2560. The predicted octanol–water partition coefficient (Wildman–Crippen LogP) is 4.16. The minimum atomic E-state index is -5.60. The molecule has 0 radical (unpaired) electrons. The average molecular weight is 1110 g/mol. The molecule has 414 valence electrons. The van der Waals surface area contributed by atoms with E-state index in [-0.39, 0.29) is 65.9 Å². The Balaban J connectivity index is 0.944. The van der Waals surface area contributed by atoms with Crippen molar-refractivity contribution in [1.29, 1.82) is 0 Å². The number of ether oxygens (including phenoxy) is 1. The van der Waals surface area contributed by atoms with E-state index in [1.54, 1.807) is 0 Å². The normalized spacial score (nSPS) is 20.9. The zero-order chi connectivity index (χ0) is 54.7. The van der Waals surface area contributed by atoms with Gasteiger partial charge in [0, 0.05) is 37.8 Å². The van der Waals surface area contributed by atoms with Gasteiger partial charge in [0.2, 0.25) is 11.8 Å². The fourth-order valence-corrected chi connectivity index (χ4v) is 11.5. The summed E-state index contributed by atoms with van der Waals surface area (Å²) in [4.78, 5) is 100. The maximum atomic E-state index is 12.8. The Morgan fingerprint density at radius 1 is 0.892 bits per heavy atom. The standard InChI is InChI=1S/C45H70N7O19P3/c1-43(2,17-7-5-9-29-11-13-30(14-12-29)10-6-8-18-45(19-20-45)24-34(55)56)23-31(53)15-21-47-33(54)16-22-48-41(59)38(58)44(3,4)26-68-74(65,66)71-73(63,64)67-25-32-37(70-72(60,61)62)36(57)42(69-32)52-28-51-35-39(46)49-27-50-40(35)52/h11-14,27-28,32,36-38,42,57-58H,5-10,15-26H2,1-4H3,(H,47,54)(H,48,59)(H,55,56)(H,63,64)(H,65,66)(H2,46,49,50)(H2,60,61,62). The number of fused-ring (bicyclic) bond motifs is 1. The number of Topliss-reactive ketones (excluding diaryl/α,β-unsaturated/α-hetero) is 1. The number of unbranched alkanes of at least 4 members (excludes halogenated alkanes) is 2. The lowest BCUT2D eigenvalue weighted by Crippen LogP contribution is -2.46. The molecule has 3 heterocycles. The number of phosphoric ester groups is 3. The predicted molar refractivity (Wildman–Crippen MR) is 263 cm³/mol. The van der Waals surface area contributed by atoms with E-state index in [1.165, 1.54) is 25.0 Å². The molecular formula is C45H70N7O19P3. The molecule has 29 heteroatoms. The number of aromatic nitrogens is 4. The summed E-state index contributed by atoms with van der Waals surface area (Å²) in [6.07, 6.45) is 3.51. The summed E-state index contributed by atoms with van der Waals surface area (Å²) in [5, 5.41) is 35.8. The number of nitrogens with two attached hydrogens (primary N) is 1. The number of amides is 2. The van der Waals surface area contributed by atoms with Crippen LogP contribution in [0, 0.1) is 16.2 Å². The van der Waals surface area contributed by atoms with Gasteiger partial charge >= 0.3 is 29.4 Å². The highest BCUT2D eigenvalue weighted by Crippen LogP contribution is 2.61. The number of phosphoric acid groups is 3. The van der Waals surface area contributed by atoms with Gasteiger partial charge in [-0.15, -0.1) is 0 Å². The van der Waals surface area contributed by atoms with Gasteiger partial charge in [0.25, 0.3) is 0 Å². The van der Waals surface area contributed by atoms with Crippen molar-refractivity contribution in [2.24, 2.45) is 16.2 Å². The molecule has 7 unspecified atom stereocenters. The molecule has 1 saturated carbocycles. The maximum Gasteiger partial charge on any atom is 0.481 e. The topological polar surface area (TPSA) is 401 Å². The fourth-order valence-electron chi connectivity index (χ4n) is 8.64. The second-order valence-corrected chi connectivity index (χ2v) is 24.7. The van der Waals surface area contributed by atoms with Crippen LogP contribution >= 0.6 is 23.5 Å². The van der Waals surface area contributed by atoms with Crippen molar-refractivity contribution in [3.8, 4) is 0 Å². The first-order valence-electron chi connectivity index (χ1n) is 24.2. The van der Waals surface area contributed by atoms with Crippen LogP contribution in [0.4, 0.5) is 5.82 Å². The van der Waals surface area contributed by atoms with E-state index in [0.717, 1.165) is 81.4 Å². The van der Waals surface area contributed by atoms with E-state index in [2.05, 4.69) is 58.7 Å². The number of hydrogen-bond donors (Lipinski definition) is 10. The molecule has 11 N–H and O–H groups in total. The number of carbonyl (C=O) groups excluding carboxylic acids is 3.